The minimum Gasteiger partial charge on any atom is -0.356 e. The molecule has 1 heterocycles. The van der Waals surface area contributed by atoms with Gasteiger partial charge in [-0.3, -0.25) is 0 Å². The zero-order chi connectivity index (χ0) is 16.4. The first-order chi connectivity index (χ1) is 10.9. The summed E-state index contributed by atoms with van der Waals surface area (Å²) in [5.74, 6) is -1.50. The second kappa shape index (κ2) is 5.92. The molecule has 0 fully saturated rings. The van der Waals surface area contributed by atoms with Crippen LogP contribution in [0.15, 0.2) is 53.1 Å². The Bertz CT molecular complexity index is 815. The summed E-state index contributed by atoms with van der Waals surface area (Å²) >= 11 is 5.81. The van der Waals surface area contributed by atoms with Gasteiger partial charge < -0.3 is 9.84 Å². The maximum atomic E-state index is 12.5. The Labute approximate surface area is 133 Å². The molecule has 8 heteroatoms. The molecular weight excluding hydrogens is 331 g/mol. The van der Waals surface area contributed by atoms with E-state index in [0.29, 0.717) is 16.3 Å². The molecule has 23 heavy (non-hydrogen) atoms. The number of benzene rings is 2. The summed E-state index contributed by atoms with van der Waals surface area (Å²) in [7, 11) is 0. The van der Waals surface area contributed by atoms with Gasteiger partial charge in [0, 0.05) is 22.0 Å². The maximum absolute atomic E-state index is 12.5. The number of halogens is 4. The molecule has 0 aliphatic heterocycles. The van der Waals surface area contributed by atoms with Crippen LogP contribution in [0.2, 0.25) is 5.02 Å². The largest absolute Gasteiger partial charge is 0.471 e. The summed E-state index contributed by atoms with van der Waals surface area (Å²) in [6, 6.07) is 13.7. The molecule has 0 saturated heterocycles. The van der Waals surface area contributed by atoms with Crippen molar-refractivity contribution < 1.29 is 17.7 Å². The van der Waals surface area contributed by atoms with Gasteiger partial charge in [-0.15, -0.1) is 0 Å². The number of aromatic nitrogens is 2. The van der Waals surface area contributed by atoms with E-state index in [1.165, 1.54) is 0 Å². The lowest BCUT2D eigenvalue weighted by Gasteiger charge is -2.07. The van der Waals surface area contributed by atoms with Crippen molar-refractivity contribution in [1.29, 1.82) is 0 Å². The number of anilines is 2. The van der Waals surface area contributed by atoms with Gasteiger partial charge in [-0.2, -0.15) is 18.2 Å². The molecule has 3 aromatic rings. The molecule has 0 unspecified atom stereocenters. The molecule has 0 aliphatic carbocycles. The van der Waals surface area contributed by atoms with E-state index in [4.69, 9.17) is 11.6 Å². The Hall–Kier alpha value is -2.54. The van der Waals surface area contributed by atoms with Crippen molar-refractivity contribution >= 4 is 23.0 Å². The molecule has 3 rings (SSSR count). The lowest BCUT2D eigenvalue weighted by atomic mass is 10.2. The predicted molar refractivity (Wildman–Crippen MR) is 79.5 cm³/mol. The fraction of sp³-hybridized carbons (Fsp3) is 0.0667. The zero-order valence-corrected chi connectivity index (χ0v) is 12.2. The van der Waals surface area contributed by atoms with E-state index < -0.39 is 12.1 Å². The fourth-order valence-corrected chi connectivity index (χ4v) is 2.02. The van der Waals surface area contributed by atoms with Gasteiger partial charge in [-0.25, -0.2) is 0 Å². The van der Waals surface area contributed by atoms with Crippen molar-refractivity contribution in [3.05, 3.63) is 59.4 Å². The van der Waals surface area contributed by atoms with Gasteiger partial charge >= 0.3 is 12.1 Å². The summed E-state index contributed by atoms with van der Waals surface area (Å²) in [5, 5.41) is 7.08. The number of nitrogens with one attached hydrogen (secondary N) is 1. The summed E-state index contributed by atoms with van der Waals surface area (Å²) in [6.07, 6.45) is -4.66. The lowest BCUT2D eigenvalue weighted by molar-refractivity contribution is -0.159. The van der Waals surface area contributed by atoms with Gasteiger partial charge in [0.2, 0.25) is 5.82 Å². The molecule has 0 aliphatic rings. The Morgan fingerprint density at radius 3 is 2.39 bits per heavy atom. The normalized spacial score (nSPS) is 11.5. The SMILES string of the molecule is FC(F)(F)c1nc(-c2cccc(Nc3ccc(Cl)cc3)c2)no1. The second-order valence-electron chi connectivity index (χ2n) is 4.63. The van der Waals surface area contributed by atoms with Crippen molar-refractivity contribution in [2.75, 3.05) is 5.32 Å². The number of rotatable bonds is 3. The summed E-state index contributed by atoms with van der Waals surface area (Å²) in [5.41, 5.74) is 1.86. The summed E-state index contributed by atoms with van der Waals surface area (Å²) < 4.78 is 41.7. The van der Waals surface area contributed by atoms with Crippen LogP contribution in [0.1, 0.15) is 5.89 Å². The van der Waals surface area contributed by atoms with E-state index in [1.807, 2.05) is 0 Å². The quantitative estimate of drug-likeness (QED) is 0.716. The monoisotopic (exact) mass is 339 g/mol. The molecule has 0 atom stereocenters. The van der Waals surface area contributed by atoms with Crippen LogP contribution in [0.5, 0.6) is 0 Å². The minimum atomic E-state index is -4.66. The van der Waals surface area contributed by atoms with Crippen LogP contribution in [0.4, 0.5) is 24.5 Å². The van der Waals surface area contributed by atoms with Crippen molar-refractivity contribution in [1.82, 2.24) is 10.1 Å². The zero-order valence-electron chi connectivity index (χ0n) is 11.4. The van der Waals surface area contributed by atoms with Gasteiger partial charge in [0.1, 0.15) is 0 Å². The van der Waals surface area contributed by atoms with Crippen LogP contribution in [0.25, 0.3) is 11.4 Å². The Morgan fingerprint density at radius 2 is 1.74 bits per heavy atom. The van der Waals surface area contributed by atoms with E-state index in [9.17, 15) is 13.2 Å². The highest BCUT2D eigenvalue weighted by molar-refractivity contribution is 6.30. The van der Waals surface area contributed by atoms with Gasteiger partial charge in [-0.1, -0.05) is 28.9 Å². The fourth-order valence-electron chi connectivity index (χ4n) is 1.89. The molecule has 4 nitrogen and oxygen atoms in total. The average Bonchev–Trinajstić information content (AvgIpc) is 3.00. The predicted octanol–water partition coefficient (Wildman–Crippen LogP) is 5.15. The molecule has 0 bridgehead atoms. The first-order valence-corrected chi connectivity index (χ1v) is 6.83. The molecule has 1 N–H and O–H groups in total. The first kappa shape index (κ1) is 15.4. The molecule has 0 saturated carbocycles. The minimum absolute atomic E-state index is 0.128. The second-order valence-corrected chi connectivity index (χ2v) is 5.07. The third kappa shape index (κ3) is 3.62. The Morgan fingerprint density at radius 1 is 1.00 bits per heavy atom. The summed E-state index contributed by atoms with van der Waals surface area (Å²) in [6.45, 7) is 0. The van der Waals surface area contributed by atoms with Crippen LogP contribution in [0.3, 0.4) is 0 Å². The third-order valence-corrected chi connectivity index (χ3v) is 3.17. The van der Waals surface area contributed by atoms with E-state index in [2.05, 4.69) is 20.0 Å². The number of hydrogen-bond acceptors (Lipinski definition) is 4. The van der Waals surface area contributed by atoms with Crippen LogP contribution >= 0.6 is 11.6 Å². The number of alkyl halides is 3. The van der Waals surface area contributed by atoms with Crippen molar-refractivity contribution in [3.8, 4) is 11.4 Å². The standard InChI is InChI=1S/C15H9ClF3N3O/c16-10-4-6-11(7-5-10)20-12-3-1-2-9(8-12)13-21-14(23-22-13)15(17,18)19/h1-8,20H. The van der Waals surface area contributed by atoms with E-state index >= 15 is 0 Å². The smallest absolute Gasteiger partial charge is 0.356 e. The van der Waals surface area contributed by atoms with E-state index in [-0.39, 0.29) is 5.82 Å². The highest BCUT2D eigenvalue weighted by Crippen LogP contribution is 2.30. The van der Waals surface area contributed by atoms with Crippen LogP contribution in [0, 0.1) is 0 Å². The highest BCUT2D eigenvalue weighted by atomic mass is 35.5. The van der Waals surface area contributed by atoms with Crippen LogP contribution < -0.4 is 5.32 Å². The molecule has 118 valence electrons. The van der Waals surface area contributed by atoms with Gasteiger partial charge in [0.25, 0.3) is 0 Å². The van der Waals surface area contributed by atoms with Crippen molar-refractivity contribution in [2.45, 2.75) is 6.18 Å². The maximum Gasteiger partial charge on any atom is 0.471 e. The average molecular weight is 340 g/mol. The Kier molecular flexibility index (Phi) is 3.96. The van der Waals surface area contributed by atoms with Crippen LogP contribution in [-0.4, -0.2) is 10.1 Å². The van der Waals surface area contributed by atoms with Crippen molar-refractivity contribution in [2.24, 2.45) is 0 Å². The van der Waals surface area contributed by atoms with E-state index in [0.717, 1.165) is 5.69 Å². The van der Waals surface area contributed by atoms with Gasteiger partial charge in [0.05, 0.1) is 0 Å². The topological polar surface area (TPSA) is 51.0 Å². The summed E-state index contributed by atoms with van der Waals surface area (Å²) in [4.78, 5) is 3.36. The molecule has 2 aromatic carbocycles. The van der Waals surface area contributed by atoms with Gasteiger partial charge in [-0.05, 0) is 36.4 Å². The molecule has 1 aromatic heterocycles. The molecule has 0 radical (unpaired) electrons. The lowest BCUT2D eigenvalue weighted by Crippen LogP contribution is -2.04. The highest BCUT2D eigenvalue weighted by Gasteiger charge is 2.38. The first-order valence-electron chi connectivity index (χ1n) is 6.46. The molecule has 0 spiro atoms. The Balaban J connectivity index is 1.85. The third-order valence-electron chi connectivity index (χ3n) is 2.92. The molecule has 0 amide bonds. The molecular formula is C15H9ClF3N3O. The van der Waals surface area contributed by atoms with Crippen LogP contribution in [-0.2, 0) is 6.18 Å². The number of hydrogen-bond donors (Lipinski definition) is 1. The van der Waals surface area contributed by atoms with Crippen molar-refractivity contribution in [3.63, 3.8) is 0 Å². The van der Waals surface area contributed by atoms with E-state index in [1.54, 1.807) is 48.5 Å². The van der Waals surface area contributed by atoms with Gasteiger partial charge in [0.15, 0.2) is 0 Å². The number of nitrogens with zero attached hydrogens (tertiary/aromatic N) is 2.